The quantitative estimate of drug-likeness (QED) is 0.588. The van der Waals surface area contributed by atoms with Crippen LogP contribution in [0.25, 0.3) is 17.4 Å². The molecule has 1 amide bonds. The third-order valence-electron chi connectivity index (χ3n) is 4.22. The first kappa shape index (κ1) is 16.1. The Morgan fingerprint density at radius 2 is 1.93 bits per heavy atom. The number of amides is 1. The van der Waals surface area contributed by atoms with Gasteiger partial charge in [0.2, 0.25) is 12.7 Å². The summed E-state index contributed by atoms with van der Waals surface area (Å²) in [5, 5.41) is 2.79. The molecule has 8 nitrogen and oxygen atoms in total. The maximum Gasteiger partial charge on any atom is 0.291 e. The van der Waals surface area contributed by atoms with E-state index in [-0.39, 0.29) is 18.5 Å². The van der Waals surface area contributed by atoms with Gasteiger partial charge in [0.15, 0.2) is 23.1 Å². The number of pyridine rings is 1. The molecule has 0 bridgehead atoms. The first-order valence-corrected chi connectivity index (χ1v) is 8.54. The number of fused-ring (bicyclic) bond motifs is 1. The van der Waals surface area contributed by atoms with E-state index in [2.05, 4.69) is 15.3 Å². The molecule has 0 atom stereocenters. The third kappa shape index (κ3) is 2.86. The Balaban J connectivity index is 1.38. The van der Waals surface area contributed by atoms with Crippen LogP contribution in [0.3, 0.4) is 0 Å². The molecule has 0 radical (unpaired) electrons. The number of imidazole rings is 1. The van der Waals surface area contributed by atoms with Crippen molar-refractivity contribution in [3.63, 3.8) is 0 Å². The lowest BCUT2D eigenvalue weighted by atomic mass is 10.2. The molecule has 5 rings (SSSR count). The summed E-state index contributed by atoms with van der Waals surface area (Å²) in [7, 11) is 0. The lowest BCUT2D eigenvalue weighted by molar-refractivity contribution is 0.0996. The van der Waals surface area contributed by atoms with Gasteiger partial charge in [0.25, 0.3) is 5.91 Å². The Kier molecular flexibility index (Phi) is 3.79. The number of aromatic nitrogens is 3. The van der Waals surface area contributed by atoms with Crippen LogP contribution in [-0.4, -0.2) is 27.2 Å². The van der Waals surface area contributed by atoms with Crippen LogP contribution < -0.4 is 14.8 Å². The fraction of sp³-hybridized carbons (Fsp3) is 0.0500. The van der Waals surface area contributed by atoms with E-state index in [1.165, 1.54) is 0 Å². The van der Waals surface area contributed by atoms with E-state index in [9.17, 15) is 4.79 Å². The Labute approximate surface area is 159 Å². The number of anilines is 1. The minimum absolute atomic E-state index is 0.174. The predicted molar refractivity (Wildman–Crippen MR) is 99.6 cm³/mol. The van der Waals surface area contributed by atoms with Gasteiger partial charge in [-0.05, 0) is 30.3 Å². The molecule has 0 saturated heterocycles. The van der Waals surface area contributed by atoms with Crippen molar-refractivity contribution in [3.05, 3.63) is 72.9 Å². The summed E-state index contributed by atoms with van der Waals surface area (Å²) in [5.41, 5.74) is 1.29. The summed E-state index contributed by atoms with van der Waals surface area (Å²) in [6, 6.07) is 14.1. The smallest absolute Gasteiger partial charge is 0.291 e. The lowest BCUT2D eigenvalue weighted by Gasteiger charge is -2.05. The number of benzene rings is 1. The molecule has 8 heteroatoms. The van der Waals surface area contributed by atoms with Crippen LogP contribution in [0.15, 0.2) is 71.5 Å². The van der Waals surface area contributed by atoms with E-state index >= 15 is 0 Å². The van der Waals surface area contributed by atoms with Gasteiger partial charge < -0.3 is 19.2 Å². The highest BCUT2D eigenvalue weighted by atomic mass is 16.7. The van der Waals surface area contributed by atoms with Crippen molar-refractivity contribution in [2.24, 2.45) is 0 Å². The molecule has 1 N–H and O–H groups in total. The van der Waals surface area contributed by atoms with Gasteiger partial charge in [0.1, 0.15) is 5.69 Å². The zero-order chi connectivity index (χ0) is 18.9. The third-order valence-corrected chi connectivity index (χ3v) is 4.22. The van der Waals surface area contributed by atoms with Crippen molar-refractivity contribution in [1.29, 1.82) is 0 Å². The van der Waals surface area contributed by atoms with Crippen molar-refractivity contribution < 1.29 is 18.7 Å². The molecule has 1 aliphatic heterocycles. The minimum Gasteiger partial charge on any atom is -0.454 e. The van der Waals surface area contributed by atoms with Gasteiger partial charge in [-0.1, -0.05) is 6.07 Å². The number of hydrogen-bond acceptors (Lipinski definition) is 6. The van der Waals surface area contributed by atoms with Crippen LogP contribution in [0.5, 0.6) is 11.5 Å². The second-order valence-electron chi connectivity index (χ2n) is 6.00. The Morgan fingerprint density at radius 1 is 1.00 bits per heavy atom. The molecule has 0 unspecified atom stereocenters. The maximum atomic E-state index is 12.5. The van der Waals surface area contributed by atoms with Gasteiger partial charge >= 0.3 is 0 Å². The van der Waals surface area contributed by atoms with Crippen LogP contribution in [0.1, 0.15) is 10.6 Å². The zero-order valence-electron chi connectivity index (χ0n) is 14.5. The molecule has 3 aromatic heterocycles. The van der Waals surface area contributed by atoms with Crippen molar-refractivity contribution in [1.82, 2.24) is 14.5 Å². The van der Waals surface area contributed by atoms with Gasteiger partial charge in [0, 0.05) is 36.4 Å². The molecule has 0 aliphatic carbocycles. The predicted octanol–water partition coefficient (Wildman–Crippen LogP) is 3.51. The summed E-state index contributed by atoms with van der Waals surface area (Å²) in [6.45, 7) is 0.178. The number of hydrogen-bond donors (Lipinski definition) is 1. The van der Waals surface area contributed by atoms with Gasteiger partial charge in [-0.2, -0.15) is 0 Å². The van der Waals surface area contributed by atoms with Crippen molar-refractivity contribution in [3.8, 4) is 28.9 Å². The highest BCUT2D eigenvalue weighted by Gasteiger charge is 2.18. The van der Waals surface area contributed by atoms with Crippen LogP contribution in [-0.2, 0) is 0 Å². The largest absolute Gasteiger partial charge is 0.454 e. The molecule has 138 valence electrons. The van der Waals surface area contributed by atoms with E-state index in [0.717, 1.165) is 0 Å². The second kappa shape index (κ2) is 6.58. The van der Waals surface area contributed by atoms with E-state index in [1.54, 1.807) is 53.5 Å². The molecule has 4 heterocycles. The SMILES string of the molecule is O=C(Nc1ccc2c(c1)OCO2)c1ccc(-n2ccnc2-c2ccccn2)o1. The summed E-state index contributed by atoms with van der Waals surface area (Å²) in [5.74, 6) is 2.14. The number of nitrogens with zero attached hydrogens (tertiary/aromatic N) is 3. The minimum atomic E-state index is -0.371. The fourth-order valence-electron chi connectivity index (χ4n) is 2.91. The topological polar surface area (TPSA) is 91.4 Å². The first-order valence-electron chi connectivity index (χ1n) is 8.54. The van der Waals surface area contributed by atoms with Gasteiger partial charge in [0.05, 0.1) is 0 Å². The number of nitrogens with one attached hydrogen (secondary N) is 1. The summed E-state index contributed by atoms with van der Waals surface area (Å²) in [6.07, 6.45) is 5.10. The van der Waals surface area contributed by atoms with E-state index in [0.29, 0.717) is 34.6 Å². The van der Waals surface area contributed by atoms with E-state index < -0.39 is 0 Å². The van der Waals surface area contributed by atoms with Crippen LogP contribution >= 0.6 is 0 Å². The number of carbonyl (C=O) groups excluding carboxylic acids is 1. The maximum absolute atomic E-state index is 12.5. The van der Waals surface area contributed by atoms with Crippen molar-refractivity contribution in [2.45, 2.75) is 0 Å². The van der Waals surface area contributed by atoms with Crippen LogP contribution in [0.2, 0.25) is 0 Å². The van der Waals surface area contributed by atoms with E-state index in [4.69, 9.17) is 13.9 Å². The molecule has 1 aliphatic rings. The molecular formula is C20H14N4O4. The zero-order valence-corrected chi connectivity index (χ0v) is 14.5. The average Bonchev–Trinajstić information content (AvgIpc) is 3.47. The summed E-state index contributed by atoms with van der Waals surface area (Å²) < 4.78 is 18.1. The number of ether oxygens (including phenoxy) is 2. The molecule has 1 aromatic carbocycles. The van der Waals surface area contributed by atoms with Crippen LogP contribution in [0.4, 0.5) is 5.69 Å². The Bertz CT molecular complexity index is 1150. The van der Waals surface area contributed by atoms with Crippen LogP contribution in [0, 0.1) is 0 Å². The summed E-state index contributed by atoms with van der Waals surface area (Å²) in [4.78, 5) is 21.2. The lowest BCUT2D eigenvalue weighted by Crippen LogP contribution is -2.10. The summed E-state index contributed by atoms with van der Waals surface area (Å²) >= 11 is 0. The fourth-order valence-corrected chi connectivity index (χ4v) is 2.91. The molecule has 0 spiro atoms. The molecule has 4 aromatic rings. The van der Waals surface area contributed by atoms with Crippen molar-refractivity contribution >= 4 is 11.6 Å². The van der Waals surface area contributed by atoms with Gasteiger partial charge in [-0.3, -0.25) is 14.3 Å². The Hall–Kier alpha value is -4.07. The monoisotopic (exact) mass is 374 g/mol. The standard InChI is InChI=1S/C20H14N4O4/c25-20(23-13-4-5-15-17(11-13)27-12-26-15)16-6-7-18(28-16)24-10-9-22-19(24)14-3-1-2-8-21-14/h1-11H,12H2,(H,23,25). The Morgan fingerprint density at radius 3 is 2.82 bits per heavy atom. The highest BCUT2D eigenvalue weighted by Crippen LogP contribution is 2.34. The van der Waals surface area contributed by atoms with E-state index in [1.807, 2.05) is 18.2 Å². The number of rotatable bonds is 4. The molecule has 0 fully saturated rings. The molecule has 0 saturated carbocycles. The average molecular weight is 374 g/mol. The molecular weight excluding hydrogens is 360 g/mol. The molecule has 28 heavy (non-hydrogen) atoms. The number of carbonyl (C=O) groups is 1. The van der Waals surface area contributed by atoms with Gasteiger partial charge in [-0.15, -0.1) is 0 Å². The van der Waals surface area contributed by atoms with Gasteiger partial charge in [-0.25, -0.2) is 4.98 Å². The van der Waals surface area contributed by atoms with Crippen molar-refractivity contribution in [2.75, 3.05) is 12.1 Å². The normalized spacial score (nSPS) is 12.1. The number of furan rings is 1. The first-order chi connectivity index (χ1) is 13.8. The highest BCUT2D eigenvalue weighted by molar-refractivity contribution is 6.02. The second-order valence-corrected chi connectivity index (χ2v) is 6.00.